The number of carbonyl (C=O) groups excluding carboxylic acids is 1. The van der Waals surface area contributed by atoms with Gasteiger partial charge < -0.3 is 10.6 Å². The lowest BCUT2D eigenvalue weighted by Crippen LogP contribution is -2.29. The highest BCUT2D eigenvalue weighted by molar-refractivity contribution is 9.10. The molecule has 0 bridgehead atoms. The first-order valence-electron chi connectivity index (χ1n) is 6.96. The number of benzene rings is 2. The predicted molar refractivity (Wildman–Crippen MR) is 94.5 cm³/mol. The molecule has 0 fully saturated rings. The van der Waals surface area contributed by atoms with E-state index in [0.717, 1.165) is 15.3 Å². The van der Waals surface area contributed by atoms with Crippen LogP contribution >= 0.6 is 27.3 Å². The van der Waals surface area contributed by atoms with E-state index in [2.05, 4.69) is 31.5 Å². The summed E-state index contributed by atoms with van der Waals surface area (Å²) < 4.78 is 14.9. The Labute approximate surface area is 144 Å². The van der Waals surface area contributed by atoms with Crippen molar-refractivity contribution in [3.8, 4) is 0 Å². The predicted octanol–water partition coefficient (Wildman–Crippen LogP) is 4.04. The molecule has 0 aliphatic carbocycles. The molecule has 118 valence electrons. The van der Waals surface area contributed by atoms with E-state index in [0.29, 0.717) is 17.6 Å². The first-order chi connectivity index (χ1) is 11.1. The molecular weight excluding hydrogens is 381 g/mol. The van der Waals surface area contributed by atoms with Crippen LogP contribution in [-0.2, 0) is 0 Å². The third kappa shape index (κ3) is 3.86. The molecule has 0 saturated heterocycles. The molecule has 1 amide bonds. The molecule has 0 aliphatic heterocycles. The van der Waals surface area contributed by atoms with Crippen molar-refractivity contribution in [3.63, 3.8) is 0 Å². The van der Waals surface area contributed by atoms with Crippen molar-refractivity contribution in [2.24, 2.45) is 0 Å². The van der Waals surface area contributed by atoms with Crippen molar-refractivity contribution >= 4 is 48.5 Å². The SMILES string of the molecule is O=C(NCCNc1nc2ccccc2s1)c1cc(F)ccc1Br. The fourth-order valence-electron chi connectivity index (χ4n) is 2.06. The van der Waals surface area contributed by atoms with Gasteiger partial charge in [-0.05, 0) is 46.3 Å². The number of nitrogens with one attached hydrogen (secondary N) is 2. The van der Waals surface area contributed by atoms with Gasteiger partial charge in [-0.3, -0.25) is 4.79 Å². The molecule has 0 unspecified atom stereocenters. The zero-order valence-electron chi connectivity index (χ0n) is 12.0. The van der Waals surface area contributed by atoms with E-state index < -0.39 is 5.82 Å². The lowest BCUT2D eigenvalue weighted by atomic mass is 10.2. The Hall–Kier alpha value is -1.99. The van der Waals surface area contributed by atoms with Gasteiger partial charge in [-0.25, -0.2) is 9.37 Å². The number of para-hydroxylation sites is 1. The van der Waals surface area contributed by atoms with Crippen molar-refractivity contribution in [1.82, 2.24) is 10.3 Å². The van der Waals surface area contributed by atoms with E-state index >= 15 is 0 Å². The minimum atomic E-state index is -0.439. The van der Waals surface area contributed by atoms with Gasteiger partial charge in [0.25, 0.3) is 5.91 Å². The Kier molecular flexibility index (Phi) is 4.88. The van der Waals surface area contributed by atoms with Crippen LogP contribution in [0.4, 0.5) is 9.52 Å². The highest BCUT2D eigenvalue weighted by atomic mass is 79.9. The number of thiazole rings is 1. The molecule has 0 aliphatic rings. The minimum absolute atomic E-state index is 0.282. The van der Waals surface area contributed by atoms with Gasteiger partial charge in [-0.2, -0.15) is 0 Å². The number of anilines is 1. The van der Waals surface area contributed by atoms with E-state index in [1.807, 2.05) is 24.3 Å². The fourth-order valence-corrected chi connectivity index (χ4v) is 3.38. The summed E-state index contributed by atoms with van der Waals surface area (Å²) in [5.41, 5.74) is 1.23. The maximum absolute atomic E-state index is 13.2. The van der Waals surface area contributed by atoms with E-state index in [1.165, 1.54) is 18.2 Å². The second-order valence-corrected chi connectivity index (χ2v) is 6.68. The van der Waals surface area contributed by atoms with Crippen molar-refractivity contribution in [2.75, 3.05) is 18.4 Å². The Balaban J connectivity index is 1.53. The smallest absolute Gasteiger partial charge is 0.252 e. The quantitative estimate of drug-likeness (QED) is 0.643. The van der Waals surface area contributed by atoms with Gasteiger partial charge in [0, 0.05) is 17.6 Å². The lowest BCUT2D eigenvalue weighted by molar-refractivity contribution is 0.0954. The lowest BCUT2D eigenvalue weighted by Gasteiger charge is -2.07. The van der Waals surface area contributed by atoms with Gasteiger partial charge in [0.05, 0.1) is 15.8 Å². The average molecular weight is 394 g/mol. The standard InChI is InChI=1S/C16H13BrFN3OS/c17-12-6-5-10(18)9-11(12)15(22)19-7-8-20-16-21-13-3-1-2-4-14(13)23-16/h1-6,9H,7-8H2,(H,19,22)(H,20,21). The van der Waals surface area contributed by atoms with E-state index in [-0.39, 0.29) is 11.5 Å². The van der Waals surface area contributed by atoms with Gasteiger partial charge in [0.2, 0.25) is 0 Å². The Morgan fingerprint density at radius 3 is 2.87 bits per heavy atom. The molecule has 2 N–H and O–H groups in total. The Morgan fingerprint density at radius 1 is 1.22 bits per heavy atom. The van der Waals surface area contributed by atoms with E-state index in [4.69, 9.17) is 0 Å². The zero-order chi connectivity index (χ0) is 16.2. The molecular formula is C16H13BrFN3OS. The summed E-state index contributed by atoms with van der Waals surface area (Å²) in [5, 5.41) is 6.74. The van der Waals surface area contributed by atoms with Crippen molar-refractivity contribution in [1.29, 1.82) is 0 Å². The highest BCUT2D eigenvalue weighted by Crippen LogP contribution is 2.25. The number of carbonyl (C=O) groups is 1. The number of rotatable bonds is 5. The van der Waals surface area contributed by atoms with Crippen LogP contribution in [0.1, 0.15) is 10.4 Å². The van der Waals surface area contributed by atoms with E-state index in [9.17, 15) is 9.18 Å². The normalized spacial score (nSPS) is 10.7. The third-order valence-corrected chi connectivity index (χ3v) is 4.84. The first-order valence-corrected chi connectivity index (χ1v) is 8.57. The summed E-state index contributed by atoms with van der Waals surface area (Å²) in [5.74, 6) is -0.756. The number of fused-ring (bicyclic) bond motifs is 1. The van der Waals surface area contributed by atoms with Crippen molar-refractivity contribution in [3.05, 3.63) is 58.3 Å². The summed E-state index contributed by atoms with van der Waals surface area (Å²) >= 11 is 4.81. The fraction of sp³-hybridized carbons (Fsp3) is 0.125. The van der Waals surface area contributed by atoms with Gasteiger partial charge in [-0.15, -0.1) is 0 Å². The minimum Gasteiger partial charge on any atom is -0.360 e. The molecule has 0 radical (unpaired) electrons. The zero-order valence-corrected chi connectivity index (χ0v) is 14.4. The van der Waals surface area contributed by atoms with Crippen LogP contribution < -0.4 is 10.6 Å². The molecule has 2 aromatic carbocycles. The first kappa shape index (κ1) is 15.9. The molecule has 3 rings (SSSR count). The topological polar surface area (TPSA) is 54.0 Å². The summed E-state index contributed by atoms with van der Waals surface area (Å²) in [4.78, 5) is 16.5. The Morgan fingerprint density at radius 2 is 2.04 bits per heavy atom. The summed E-state index contributed by atoms with van der Waals surface area (Å²) in [6.45, 7) is 0.955. The van der Waals surface area contributed by atoms with Gasteiger partial charge in [-0.1, -0.05) is 23.5 Å². The highest BCUT2D eigenvalue weighted by Gasteiger charge is 2.10. The van der Waals surface area contributed by atoms with Crippen LogP contribution in [-0.4, -0.2) is 24.0 Å². The Bertz CT molecular complexity index is 819. The number of hydrogen-bond donors (Lipinski definition) is 2. The van der Waals surface area contributed by atoms with Crippen LogP contribution in [0, 0.1) is 5.82 Å². The largest absolute Gasteiger partial charge is 0.360 e. The van der Waals surface area contributed by atoms with Crippen molar-refractivity contribution < 1.29 is 9.18 Å². The van der Waals surface area contributed by atoms with E-state index in [1.54, 1.807) is 11.3 Å². The van der Waals surface area contributed by atoms with Crippen LogP contribution in [0.25, 0.3) is 10.2 Å². The van der Waals surface area contributed by atoms with Crippen LogP contribution in [0.5, 0.6) is 0 Å². The maximum Gasteiger partial charge on any atom is 0.252 e. The molecule has 1 heterocycles. The molecule has 0 atom stereocenters. The summed E-state index contributed by atoms with van der Waals surface area (Å²) in [7, 11) is 0. The number of halogens is 2. The molecule has 7 heteroatoms. The average Bonchev–Trinajstić information content (AvgIpc) is 2.96. The molecule has 3 aromatic rings. The number of nitrogens with zero attached hydrogens (tertiary/aromatic N) is 1. The molecule has 0 spiro atoms. The van der Waals surface area contributed by atoms with Gasteiger partial charge in [0.15, 0.2) is 5.13 Å². The maximum atomic E-state index is 13.2. The molecule has 23 heavy (non-hydrogen) atoms. The second-order valence-electron chi connectivity index (χ2n) is 4.79. The van der Waals surface area contributed by atoms with Gasteiger partial charge >= 0.3 is 0 Å². The third-order valence-electron chi connectivity index (χ3n) is 3.15. The number of aromatic nitrogens is 1. The summed E-state index contributed by atoms with van der Waals surface area (Å²) in [6, 6.07) is 11.9. The number of hydrogen-bond acceptors (Lipinski definition) is 4. The molecule has 0 saturated carbocycles. The van der Waals surface area contributed by atoms with Gasteiger partial charge in [0.1, 0.15) is 5.82 Å². The van der Waals surface area contributed by atoms with Crippen LogP contribution in [0.3, 0.4) is 0 Å². The van der Waals surface area contributed by atoms with Crippen LogP contribution in [0.15, 0.2) is 46.9 Å². The second kappa shape index (κ2) is 7.06. The monoisotopic (exact) mass is 393 g/mol. The van der Waals surface area contributed by atoms with Crippen molar-refractivity contribution in [2.45, 2.75) is 0 Å². The molecule has 4 nitrogen and oxygen atoms in total. The number of amides is 1. The van der Waals surface area contributed by atoms with Crippen LogP contribution in [0.2, 0.25) is 0 Å². The molecule has 1 aromatic heterocycles. The summed E-state index contributed by atoms with van der Waals surface area (Å²) in [6.07, 6.45) is 0.